The van der Waals surface area contributed by atoms with Crippen molar-refractivity contribution in [2.75, 3.05) is 45.9 Å². The first-order valence-corrected chi connectivity index (χ1v) is 15.8. The maximum Gasteiger partial charge on any atom is 0.243 e. The van der Waals surface area contributed by atoms with Gasteiger partial charge in [-0.25, -0.2) is 12.8 Å². The average molecular weight is 588 g/mol. The molecule has 0 atom stereocenters. The van der Waals surface area contributed by atoms with Gasteiger partial charge in [-0.2, -0.15) is 4.31 Å². The largest absolute Gasteiger partial charge is 0.379 e. The van der Waals surface area contributed by atoms with Crippen LogP contribution in [0.25, 0.3) is 0 Å². The zero-order valence-electron chi connectivity index (χ0n) is 23.4. The van der Waals surface area contributed by atoms with Gasteiger partial charge in [0.25, 0.3) is 0 Å². The van der Waals surface area contributed by atoms with E-state index in [0.29, 0.717) is 26.3 Å². The second-order valence-electron chi connectivity index (χ2n) is 11.0. The van der Waals surface area contributed by atoms with Gasteiger partial charge in [-0.1, -0.05) is 51.1 Å². The summed E-state index contributed by atoms with van der Waals surface area (Å²) in [5.74, 6) is -0.660. The lowest BCUT2D eigenvalue weighted by Gasteiger charge is -2.31. The number of rotatable bonds is 11. The number of carbonyl (C=O) groups excluding carboxylic acids is 1. The van der Waals surface area contributed by atoms with Gasteiger partial charge in [-0.05, 0) is 52.3 Å². The number of sulfonamides is 1. The van der Waals surface area contributed by atoms with Crippen LogP contribution in [0, 0.1) is 5.82 Å². The Labute approximate surface area is 241 Å². The molecular formula is C30H38FN3O4S2. The molecule has 1 aromatic heterocycles. The minimum atomic E-state index is -3.95. The lowest BCUT2D eigenvalue weighted by Crippen LogP contribution is -2.47. The van der Waals surface area contributed by atoms with Gasteiger partial charge in [0, 0.05) is 37.6 Å². The number of benzene rings is 2. The molecule has 0 radical (unpaired) electrons. The zero-order chi connectivity index (χ0) is 28.8. The van der Waals surface area contributed by atoms with Gasteiger partial charge in [-0.15, -0.1) is 11.3 Å². The second kappa shape index (κ2) is 13.4. The van der Waals surface area contributed by atoms with Crippen LogP contribution < -0.4 is 0 Å². The lowest BCUT2D eigenvalue weighted by atomic mass is 9.87. The number of thiophene rings is 1. The van der Waals surface area contributed by atoms with Gasteiger partial charge in [-0.3, -0.25) is 9.69 Å². The van der Waals surface area contributed by atoms with Crippen molar-refractivity contribution in [1.29, 1.82) is 0 Å². The summed E-state index contributed by atoms with van der Waals surface area (Å²) >= 11 is 1.53. The molecule has 2 aromatic carbocycles. The van der Waals surface area contributed by atoms with Crippen molar-refractivity contribution in [2.24, 2.45) is 0 Å². The lowest BCUT2D eigenvalue weighted by molar-refractivity contribution is -0.132. The summed E-state index contributed by atoms with van der Waals surface area (Å²) in [6.07, 6.45) is 0. The highest BCUT2D eigenvalue weighted by molar-refractivity contribution is 7.89. The Bertz CT molecular complexity index is 1330. The molecule has 1 aliphatic heterocycles. The molecule has 0 unspecified atom stereocenters. The summed E-state index contributed by atoms with van der Waals surface area (Å²) < 4.78 is 48.1. The van der Waals surface area contributed by atoms with Crippen molar-refractivity contribution in [1.82, 2.24) is 14.1 Å². The highest BCUT2D eigenvalue weighted by Crippen LogP contribution is 2.25. The number of amides is 1. The smallest absolute Gasteiger partial charge is 0.243 e. The standard InChI is InChI=1S/C30H38FN3O4S2/c1-30(2,3)25-8-12-28(13-9-25)40(36,37)34(15-14-32-16-18-38-19-17-32)23-29(35)33(22-27-5-4-20-39-27)21-24-6-10-26(31)11-7-24/h4-13,20H,14-19,21-23H2,1-3H3. The van der Waals surface area contributed by atoms with Gasteiger partial charge < -0.3 is 9.64 Å². The molecule has 1 aliphatic rings. The Morgan fingerprint density at radius 1 is 1.00 bits per heavy atom. The molecule has 2 heterocycles. The molecule has 0 saturated carbocycles. The molecule has 1 amide bonds. The molecular weight excluding hydrogens is 549 g/mol. The third-order valence-electron chi connectivity index (χ3n) is 7.01. The van der Waals surface area contributed by atoms with E-state index in [1.165, 1.54) is 27.8 Å². The summed E-state index contributed by atoms with van der Waals surface area (Å²) in [6.45, 7) is 9.85. The summed E-state index contributed by atoms with van der Waals surface area (Å²) in [7, 11) is -3.95. The van der Waals surface area contributed by atoms with Crippen molar-refractivity contribution in [3.8, 4) is 0 Å². The van der Waals surface area contributed by atoms with Crippen LogP contribution in [0.1, 0.15) is 36.8 Å². The zero-order valence-corrected chi connectivity index (χ0v) is 25.0. The summed E-state index contributed by atoms with van der Waals surface area (Å²) in [4.78, 5) is 18.7. The van der Waals surface area contributed by atoms with E-state index in [1.54, 1.807) is 29.2 Å². The SMILES string of the molecule is CC(C)(C)c1ccc(S(=O)(=O)N(CCN2CCOCC2)CC(=O)N(Cc2ccc(F)cc2)Cc2cccs2)cc1. The van der Waals surface area contributed by atoms with Crippen molar-refractivity contribution in [2.45, 2.75) is 44.2 Å². The Morgan fingerprint density at radius 2 is 1.68 bits per heavy atom. The highest BCUT2D eigenvalue weighted by atomic mass is 32.2. The third kappa shape index (κ3) is 8.20. The van der Waals surface area contributed by atoms with Crippen LogP contribution in [-0.2, 0) is 38.1 Å². The third-order valence-corrected chi connectivity index (χ3v) is 9.73. The Morgan fingerprint density at radius 3 is 2.27 bits per heavy atom. The molecule has 0 spiro atoms. The van der Waals surface area contributed by atoms with E-state index < -0.39 is 10.0 Å². The summed E-state index contributed by atoms with van der Waals surface area (Å²) in [5, 5.41) is 1.94. The van der Waals surface area contributed by atoms with E-state index in [4.69, 9.17) is 4.74 Å². The normalized spacial score (nSPS) is 14.9. The predicted octanol–water partition coefficient (Wildman–Crippen LogP) is 4.74. The van der Waals surface area contributed by atoms with Crippen molar-refractivity contribution >= 4 is 27.3 Å². The van der Waals surface area contributed by atoms with E-state index >= 15 is 0 Å². The minimum absolute atomic E-state index is 0.114. The van der Waals surface area contributed by atoms with E-state index in [2.05, 4.69) is 25.7 Å². The highest BCUT2D eigenvalue weighted by Gasteiger charge is 2.30. The second-order valence-corrected chi connectivity index (χ2v) is 14.0. The van der Waals surface area contributed by atoms with Crippen molar-refractivity contribution < 1.29 is 22.3 Å². The first-order chi connectivity index (χ1) is 19.0. The fraction of sp³-hybridized carbons (Fsp3) is 0.433. The van der Waals surface area contributed by atoms with E-state index in [1.807, 2.05) is 29.6 Å². The molecule has 3 aromatic rings. The number of nitrogens with zero attached hydrogens (tertiary/aromatic N) is 3. The van der Waals surface area contributed by atoms with Crippen LogP contribution in [0.2, 0.25) is 0 Å². The van der Waals surface area contributed by atoms with E-state index in [-0.39, 0.29) is 41.7 Å². The molecule has 1 fully saturated rings. The molecule has 40 heavy (non-hydrogen) atoms. The molecule has 0 aliphatic carbocycles. The summed E-state index contributed by atoms with van der Waals surface area (Å²) in [5.41, 5.74) is 1.69. The van der Waals surface area contributed by atoms with Gasteiger partial charge >= 0.3 is 0 Å². The average Bonchev–Trinajstić information content (AvgIpc) is 3.45. The van der Waals surface area contributed by atoms with E-state index in [9.17, 15) is 17.6 Å². The van der Waals surface area contributed by atoms with Gasteiger partial charge in [0.2, 0.25) is 15.9 Å². The van der Waals surface area contributed by atoms with Crippen LogP contribution >= 0.6 is 11.3 Å². The summed E-state index contributed by atoms with van der Waals surface area (Å²) in [6, 6.07) is 16.8. The number of morpholine rings is 1. The van der Waals surface area contributed by atoms with Crippen LogP contribution in [0.3, 0.4) is 0 Å². The maximum atomic E-state index is 13.9. The molecule has 1 saturated heterocycles. The fourth-order valence-electron chi connectivity index (χ4n) is 4.52. The van der Waals surface area contributed by atoms with Crippen LogP contribution in [-0.4, -0.2) is 74.4 Å². The molecule has 10 heteroatoms. The van der Waals surface area contributed by atoms with Crippen LogP contribution in [0.5, 0.6) is 0 Å². The van der Waals surface area contributed by atoms with Gasteiger partial charge in [0.1, 0.15) is 5.82 Å². The number of hydrogen-bond donors (Lipinski definition) is 0. The molecule has 216 valence electrons. The topological polar surface area (TPSA) is 70.2 Å². The van der Waals surface area contributed by atoms with Crippen LogP contribution in [0.4, 0.5) is 4.39 Å². The van der Waals surface area contributed by atoms with Crippen LogP contribution in [0.15, 0.2) is 70.9 Å². The van der Waals surface area contributed by atoms with Gasteiger partial charge in [0.15, 0.2) is 0 Å². The van der Waals surface area contributed by atoms with E-state index in [0.717, 1.165) is 29.1 Å². The molecule has 0 bridgehead atoms. The number of halogens is 1. The Hall–Kier alpha value is -2.63. The molecule has 4 rings (SSSR count). The Kier molecular flexibility index (Phi) is 10.1. The first-order valence-electron chi connectivity index (χ1n) is 13.5. The van der Waals surface area contributed by atoms with Crippen molar-refractivity contribution in [3.05, 3.63) is 87.9 Å². The molecule has 0 N–H and O–H groups in total. The monoisotopic (exact) mass is 587 g/mol. The number of hydrogen-bond acceptors (Lipinski definition) is 6. The first kappa shape index (κ1) is 30.3. The Balaban J connectivity index is 1.59. The minimum Gasteiger partial charge on any atom is -0.379 e. The van der Waals surface area contributed by atoms with Crippen molar-refractivity contribution in [3.63, 3.8) is 0 Å². The number of carbonyl (C=O) groups is 1. The number of ether oxygens (including phenoxy) is 1. The van der Waals surface area contributed by atoms with Gasteiger partial charge in [0.05, 0.1) is 31.2 Å². The quantitative estimate of drug-likeness (QED) is 0.324. The molecule has 7 nitrogen and oxygen atoms in total. The fourth-order valence-corrected chi connectivity index (χ4v) is 6.62. The maximum absolute atomic E-state index is 13.9. The predicted molar refractivity (Wildman–Crippen MR) is 156 cm³/mol.